The van der Waals surface area contributed by atoms with Gasteiger partial charge < -0.3 is 19.9 Å². The van der Waals surface area contributed by atoms with Gasteiger partial charge in [0.2, 0.25) is 0 Å². The molecule has 0 bridgehead atoms. The van der Waals surface area contributed by atoms with Crippen molar-refractivity contribution in [1.29, 1.82) is 5.26 Å². The summed E-state index contributed by atoms with van der Waals surface area (Å²) in [7, 11) is 3.02. The van der Waals surface area contributed by atoms with Crippen molar-refractivity contribution in [2.45, 2.75) is 0 Å². The second-order valence-corrected chi connectivity index (χ2v) is 6.41. The lowest BCUT2D eigenvalue weighted by Crippen LogP contribution is -2.14. The summed E-state index contributed by atoms with van der Waals surface area (Å²) in [4.78, 5) is 23.4. The van der Waals surface area contributed by atoms with Crippen molar-refractivity contribution >= 4 is 46.2 Å². The minimum atomic E-state index is -1.11. The molecule has 0 aliphatic heterocycles. The molecule has 0 aliphatic carbocycles. The maximum absolute atomic E-state index is 12.4. The number of carbonyl (C=O) groups excluding carboxylic acids is 1. The highest BCUT2D eigenvalue weighted by molar-refractivity contribution is 14.1. The highest BCUT2D eigenvalue weighted by atomic mass is 127. The van der Waals surface area contributed by atoms with E-state index >= 15 is 0 Å². The Morgan fingerprint density at radius 1 is 1.22 bits per heavy atom. The number of nitrogens with zero attached hydrogens (tertiary/aromatic N) is 1. The molecule has 27 heavy (non-hydrogen) atoms. The first-order valence-corrected chi connectivity index (χ1v) is 8.65. The van der Waals surface area contributed by atoms with Gasteiger partial charge in [0.15, 0.2) is 11.5 Å². The van der Waals surface area contributed by atoms with Crippen molar-refractivity contribution in [3.05, 3.63) is 56.7 Å². The van der Waals surface area contributed by atoms with Crippen LogP contribution in [0.3, 0.4) is 0 Å². The second-order valence-electron chi connectivity index (χ2n) is 5.25. The largest absolute Gasteiger partial charge is 0.493 e. The molecule has 0 saturated heterocycles. The summed E-state index contributed by atoms with van der Waals surface area (Å²) >= 11 is 2.07. The number of halogens is 1. The third-order valence-electron chi connectivity index (χ3n) is 3.50. The molecule has 0 heterocycles. The SMILES string of the molecule is COc1cc(/C=C(/C#N)C(=O)Nc2cccc(C(=O)O)c2)cc(I)c1OC. The zero-order valence-corrected chi connectivity index (χ0v) is 16.6. The van der Waals surface area contributed by atoms with E-state index in [4.69, 9.17) is 14.6 Å². The van der Waals surface area contributed by atoms with Gasteiger partial charge in [-0.1, -0.05) is 6.07 Å². The predicted octanol–water partition coefficient (Wildman–Crippen LogP) is 3.55. The Morgan fingerprint density at radius 2 is 1.96 bits per heavy atom. The van der Waals surface area contributed by atoms with E-state index in [2.05, 4.69) is 27.9 Å². The average molecular weight is 478 g/mol. The summed E-state index contributed by atoms with van der Waals surface area (Å²) in [6, 6.07) is 11.0. The van der Waals surface area contributed by atoms with Gasteiger partial charge in [-0.3, -0.25) is 4.79 Å². The second kappa shape index (κ2) is 9.05. The fourth-order valence-corrected chi connectivity index (χ4v) is 3.11. The van der Waals surface area contributed by atoms with Crippen LogP contribution in [0.5, 0.6) is 11.5 Å². The normalized spacial score (nSPS) is 10.7. The zero-order valence-electron chi connectivity index (χ0n) is 14.4. The van der Waals surface area contributed by atoms with Crippen LogP contribution >= 0.6 is 22.6 Å². The van der Waals surface area contributed by atoms with Crippen LogP contribution in [-0.4, -0.2) is 31.2 Å². The number of nitriles is 1. The van der Waals surface area contributed by atoms with Gasteiger partial charge in [-0.25, -0.2) is 4.79 Å². The molecule has 0 atom stereocenters. The number of methoxy groups -OCH3 is 2. The fraction of sp³-hybridized carbons (Fsp3) is 0.105. The van der Waals surface area contributed by atoms with Crippen LogP contribution in [0.1, 0.15) is 15.9 Å². The number of carboxylic acids is 1. The van der Waals surface area contributed by atoms with Crippen molar-refractivity contribution in [3.63, 3.8) is 0 Å². The Balaban J connectivity index is 2.32. The van der Waals surface area contributed by atoms with E-state index in [0.717, 1.165) is 3.57 Å². The number of carboxylic acid groups (broad SMARTS) is 1. The summed E-state index contributed by atoms with van der Waals surface area (Å²) in [6.45, 7) is 0. The maximum Gasteiger partial charge on any atom is 0.335 e. The lowest BCUT2D eigenvalue weighted by atomic mass is 10.1. The smallest absolute Gasteiger partial charge is 0.335 e. The Morgan fingerprint density at radius 3 is 2.56 bits per heavy atom. The molecule has 1 amide bonds. The first kappa shape index (κ1) is 20.3. The third-order valence-corrected chi connectivity index (χ3v) is 4.30. The Labute approximate surface area is 169 Å². The van der Waals surface area contributed by atoms with Crippen LogP contribution in [0, 0.1) is 14.9 Å². The van der Waals surface area contributed by atoms with Crippen molar-refractivity contribution < 1.29 is 24.2 Å². The van der Waals surface area contributed by atoms with E-state index < -0.39 is 11.9 Å². The van der Waals surface area contributed by atoms with Crippen LogP contribution in [0.2, 0.25) is 0 Å². The minimum absolute atomic E-state index is 0.0322. The molecular weight excluding hydrogens is 463 g/mol. The molecule has 0 unspecified atom stereocenters. The monoisotopic (exact) mass is 478 g/mol. The van der Waals surface area contributed by atoms with E-state index in [1.54, 1.807) is 18.2 Å². The number of hydrogen-bond acceptors (Lipinski definition) is 5. The molecule has 138 valence electrons. The fourth-order valence-electron chi connectivity index (χ4n) is 2.26. The lowest BCUT2D eigenvalue weighted by molar-refractivity contribution is -0.112. The highest BCUT2D eigenvalue weighted by Crippen LogP contribution is 2.34. The molecule has 0 radical (unpaired) electrons. The summed E-state index contributed by atoms with van der Waals surface area (Å²) in [5.41, 5.74) is 0.759. The molecule has 7 nitrogen and oxygen atoms in total. The summed E-state index contributed by atoms with van der Waals surface area (Å²) in [5, 5.41) is 20.9. The Bertz CT molecular complexity index is 963. The van der Waals surface area contributed by atoms with Gasteiger partial charge in [0, 0.05) is 5.69 Å². The van der Waals surface area contributed by atoms with E-state index in [1.165, 1.54) is 38.5 Å². The summed E-state index contributed by atoms with van der Waals surface area (Å²) in [5.74, 6) is -0.724. The average Bonchev–Trinajstić information content (AvgIpc) is 2.65. The minimum Gasteiger partial charge on any atom is -0.493 e. The van der Waals surface area contributed by atoms with Crippen LogP contribution < -0.4 is 14.8 Å². The lowest BCUT2D eigenvalue weighted by Gasteiger charge is -2.11. The van der Waals surface area contributed by atoms with E-state index in [-0.39, 0.29) is 16.8 Å². The van der Waals surface area contributed by atoms with Gasteiger partial charge in [-0.15, -0.1) is 0 Å². The van der Waals surface area contributed by atoms with Crippen LogP contribution in [0.15, 0.2) is 42.0 Å². The molecule has 8 heteroatoms. The van der Waals surface area contributed by atoms with Crippen LogP contribution in [0.25, 0.3) is 6.08 Å². The molecule has 0 saturated carbocycles. The van der Waals surface area contributed by atoms with Gasteiger partial charge >= 0.3 is 5.97 Å². The third kappa shape index (κ3) is 4.98. The van der Waals surface area contributed by atoms with Crippen molar-refractivity contribution in [3.8, 4) is 17.6 Å². The van der Waals surface area contributed by atoms with Gasteiger partial charge in [-0.2, -0.15) is 5.26 Å². The van der Waals surface area contributed by atoms with Crippen molar-refractivity contribution in [2.24, 2.45) is 0 Å². The number of ether oxygens (including phenoxy) is 2. The quantitative estimate of drug-likeness (QED) is 0.374. The molecular formula is C19H15IN2O5. The number of anilines is 1. The van der Waals surface area contributed by atoms with Crippen molar-refractivity contribution in [2.75, 3.05) is 19.5 Å². The molecule has 0 fully saturated rings. The first-order valence-electron chi connectivity index (χ1n) is 7.57. The maximum atomic E-state index is 12.4. The Hall–Kier alpha value is -3.06. The highest BCUT2D eigenvalue weighted by Gasteiger charge is 2.14. The molecule has 2 aromatic carbocycles. The van der Waals surface area contributed by atoms with Crippen LogP contribution in [-0.2, 0) is 4.79 Å². The predicted molar refractivity (Wildman–Crippen MR) is 108 cm³/mol. The molecule has 2 rings (SSSR count). The van der Waals surface area contributed by atoms with Gasteiger partial charge in [0.05, 0.1) is 23.4 Å². The van der Waals surface area contributed by atoms with E-state index in [1.807, 2.05) is 6.07 Å². The number of rotatable bonds is 6. The zero-order chi connectivity index (χ0) is 20.0. The molecule has 2 aromatic rings. The molecule has 2 N–H and O–H groups in total. The standard InChI is InChI=1S/C19H15IN2O5/c1-26-16-8-11(7-15(20)17(16)27-2)6-13(10-21)18(23)22-14-5-3-4-12(9-14)19(24)25/h3-9H,1-2H3,(H,22,23)(H,24,25)/b13-6-. The Kier molecular flexibility index (Phi) is 6.79. The summed E-state index contributed by atoms with van der Waals surface area (Å²) < 4.78 is 11.3. The number of amides is 1. The van der Waals surface area contributed by atoms with Gasteiger partial charge in [0.25, 0.3) is 5.91 Å². The topological polar surface area (TPSA) is 109 Å². The van der Waals surface area contributed by atoms with Gasteiger partial charge in [0.1, 0.15) is 11.6 Å². The van der Waals surface area contributed by atoms with E-state index in [9.17, 15) is 14.9 Å². The number of hydrogen-bond donors (Lipinski definition) is 2. The number of nitrogens with one attached hydrogen (secondary N) is 1. The molecule has 0 spiro atoms. The molecule has 0 aromatic heterocycles. The number of aromatic carboxylic acids is 1. The first-order chi connectivity index (χ1) is 12.9. The number of carbonyl (C=O) groups is 2. The van der Waals surface area contributed by atoms with Crippen LogP contribution in [0.4, 0.5) is 5.69 Å². The molecule has 0 aliphatic rings. The van der Waals surface area contributed by atoms with Gasteiger partial charge in [-0.05, 0) is 64.6 Å². The van der Waals surface area contributed by atoms with E-state index in [0.29, 0.717) is 17.1 Å². The summed E-state index contributed by atoms with van der Waals surface area (Å²) in [6.07, 6.45) is 1.42. The number of benzene rings is 2. The van der Waals surface area contributed by atoms with Crippen molar-refractivity contribution in [1.82, 2.24) is 0 Å².